The zero-order chi connectivity index (χ0) is 20.2. The molecule has 2 aromatic rings. The number of fused-ring (bicyclic) bond motifs is 1. The van der Waals surface area contributed by atoms with Gasteiger partial charge in [0.2, 0.25) is 11.8 Å². The van der Waals surface area contributed by atoms with Crippen molar-refractivity contribution in [3.63, 3.8) is 0 Å². The number of carbonyl (C=O) groups excluding carboxylic acids is 2. The van der Waals surface area contributed by atoms with E-state index in [1.54, 1.807) is 0 Å². The molecule has 7 heteroatoms. The van der Waals surface area contributed by atoms with Gasteiger partial charge in [0, 0.05) is 31.1 Å². The molecule has 0 radical (unpaired) electrons. The van der Waals surface area contributed by atoms with Crippen LogP contribution in [0.3, 0.4) is 0 Å². The lowest BCUT2D eigenvalue weighted by atomic mass is 9.89. The molecule has 2 aliphatic rings. The Balaban J connectivity index is 1.39. The number of benzene rings is 2. The van der Waals surface area contributed by atoms with E-state index in [0.717, 1.165) is 30.0 Å². The topological polar surface area (TPSA) is 70.7 Å². The molecule has 2 amide bonds. The van der Waals surface area contributed by atoms with Gasteiger partial charge in [-0.15, -0.1) is 0 Å². The van der Waals surface area contributed by atoms with Crippen molar-refractivity contribution in [1.82, 2.24) is 0 Å². The highest BCUT2D eigenvalue weighted by molar-refractivity contribution is 6.34. The fourth-order valence-corrected chi connectivity index (χ4v) is 4.18. The number of nitrogens with zero attached hydrogens (tertiary/aromatic N) is 1. The monoisotopic (exact) mass is 413 g/mol. The second-order valence-electron chi connectivity index (χ2n) is 7.37. The third-order valence-electron chi connectivity index (χ3n) is 5.42. The molecule has 0 spiro atoms. The molecule has 0 aromatic heterocycles. The quantitative estimate of drug-likeness (QED) is 0.784. The molecular formula is C22H24ClN3O3. The number of hydrogen-bond acceptors (Lipinski definition) is 4. The van der Waals surface area contributed by atoms with Gasteiger partial charge in [-0.25, -0.2) is 0 Å². The van der Waals surface area contributed by atoms with Crippen LogP contribution in [-0.2, 0) is 20.7 Å². The highest BCUT2D eigenvalue weighted by Crippen LogP contribution is 2.35. The standard InChI is InChI=1S/C22H24ClN3O3/c23-17-5-3-7-19(21(17)26-10-12-29-13-11-26)24-20(27)9-8-16-14-15-4-1-2-6-18(15)25-22(16)28/h1-7,16H,8-14H2,(H,24,27)(H,25,28). The van der Waals surface area contributed by atoms with Crippen LogP contribution in [0.4, 0.5) is 17.1 Å². The predicted molar refractivity (Wildman–Crippen MR) is 115 cm³/mol. The van der Waals surface area contributed by atoms with Crippen LogP contribution in [0.1, 0.15) is 18.4 Å². The molecule has 1 saturated heterocycles. The summed E-state index contributed by atoms with van der Waals surface area (Å²) in [4.78, 5) is 27.1. The molecule has 2 N–H and O–H groups in total. The molecule has 0 aliphatic carbocycles. The first-order valence-corrected chi connectivity index (χ1v) is 10.3. The summed E-state index contributed by atoms with van der Waals surface area (Å²) in [5, 5.41) is 6.53. The number of carbonyl (C=O) groups is 2. The van der Waals surface area contributed by atoms with Gasteiger partial charge in [0.25, 0.3) is 0 Å². The van der Waals surface area contributed by atoms with Crippen molar-refractivity contribution in [2.24, 2.45) is 5.92 Å². The zero-order valence-electron chi connectivity index (χ0n) is 16.1. The van der Waals surface area contributed by atoms with E-state index in [1.807, 2.05) is 42.5 Å². The van der Waals surface area contributed by atoms with Crippen molar-refractivity contribution in [3.05, 3.63) is 53.1 Å². The summed E-state index contributed by atoms with van der Waals surface area (Å²) in [6.07, 6.45) is 1.43. The lowest BCUT2D eigenvalue weighted by molar-refractivity contribution is -0.121. The fourth-order valence-electron chi connectivity index (χ4n) is 3.89. The first kappa shape index (κ1) is 19.7. The number of halogens is 1. The fraction of sp³-hybridized carbons (Fsp3) is 0.364. The van der Waals surface area contributed by atoms with Crippen molar-refractivity contribution < 1.29 is 14.3 Å². The van der Waals surface area contributed by atoms with E-state index in [9.17, 15) is 9.59 Å². The minimum absolute atomic E-state index is 0.0201. The van der Waals surface area contributed by atoms with Crippen LogP contribution in [0, 0.1) is 5.92 Å². The maximum atomic E-state index is 12.6. The summed E-state index contributed by atoms with van der Waals surface area (Å²) in [6, 6.07) is 13.3. The lowest BCUT2D eigenvalue weighted by Crippen LogP contribution is -2.37. The molecule has 1 unspecified atom stereocenters. The van der Waals surface area contributed by atoms with Gasteiger partial charge in [-0.3, -0.25) is 9.59 Å². The van der Waals surface area contributed by atoms with Crippen molar-refractivity contribution in [3.8, 4) is 0 Å². The minimum atomic E-state index is -0.200. The molecule has 2 heterocycles. The third-order valence-corrected chi connectivity index (χ3v) is 5.73. The van der Waals surface area contributed by atoms with E-state index in [4.69, 9.17) is 16.3 Å². The Labute approximate surface area is 175 Å². The van der Waals surface area contributed by atoms with Crippen LogP contribution in [-0.4, -0.2) is 38.1 Å². The van der Waals surface area contributed by atoms with E-state index < -0.39 is 0 Å². The number of nitrogens with one attached hydrogen (secondary N) is 2. The van der Waals surface area contributed by atoms with Crippen molar-refractivity contribution in [1.29, 1.82) is 0 Å². The van der Waals surface area contributed by atoms with Crippen LogP contribution < -0.4 is 15.5 Å². The number of anilines is 3. The van der Waals surface area contributed by atoms with Crippen LogP contribution in [0.25, 0.3) is 0 Å². The summed E-state index contributed by atoms with van der Waals surface area (Å²) in [5.41, 5.74) is 3.51. The number of amides is 2. The van der Waals surface area contributed by atoms with Gasteiger partial charge in [0.05, 0.1) is 29.6 Å². The maximum Gasteiger partial charge on any atom is 0.227 e. The molecule has 6 nitrogen and oxygen atoms in total. The molecule has 152 valence electrons. The van der Waals surface area contributed by atoms with Gasteiger partial charge in [-0.05, 0) is 36.6 Å². The SMILES string of the molecule is O=C(CCC1Cc2ccccc2NC1=O)Nc1cccc(Cl)c1N1CCOCC1. The second-order valence-corrected chi connectivity index (χ2v) is 7.78. The summed E-state index contributed by atoms with van der Waals surface area (Å²) in [6.45, 7) is 2.73. The highest BCUT2D eigenvalue weighted by Gasteiger charge is 2.26. The van der Waals surface area contributed by atoms with E-state index in [-0.39, 0.29) is 24.2 Å². The molecule has 0 bridgehead atoms. The van der Waals surface area contributed by atoms with Crippen LogP contribution in [0.15, 0.2) is 42.5 Å². The summed E-state index contributed by atoms with van der Waals surface area (Å²) in [5.74, 6) is -0.338. The largest absolute Gasteiger partial charge is 0.378 e. The van der Waals surface area contributed by atoms with Gasteiger partial charge in [-0.2, -0.15) is 0 Å². The Kier molecular flexibility index (Phi) is 6.02. The molecule has 29 heavy (non-hydrogen) atoms. The number of rotatable bonds is 5. The Morgan fingerprint density at radius 1 is 1.17 bits per heavy atom. The maximum absolute atomic E-state index is 12.6. The molecule has 0 saturated carbocycles. The van der Waals surface area contributed by atoms with Gasteiger partial charge in [0.1, 0.15) is 0 Å². The molecule has 1 atom stereocenters. The normalized spacial score (nSPS) is 18.7. The molecule has 4 rings (SSSR count). The molecule has 2 aliphatic heterocycles. The van der Waals surface area contributed by atoms with Crippen molar-refractivity contribution >= 4 is 40.5 Å². The van der Waals surface area contributed by atoms with Gasteiger partial charge in [-0.1, -0.05) is 35.9 Å². The zero-order valence-corrected chi connectivity index (χ0v) is 16.9. The highest BCUT2D eigenvalue weighted by atomic mass is 35.5. The van der Waals surface area contributed by atoms with Gasteiger partial charge < -0.3 is 20.3 Å². The van der Waals surface area contributed by atoms with E-state index in [0.29, 0.717) is 36.8 Å². The Morgan fingerprint density at radius 2 is 1.97 bits per heavy atom. The first-order chi connectivity index (χ1) is 14.1. The number of para-hydroxylation sites is 2. The van der Waals surface area contributed by atoms with Crippen molar-refractivity contribution in [2.75, 3.05) is 41.8 Å². The summed E-state index contributed by atoms with van der Waals surface area (Å²) in [7, 11) is 0. The Morgan fingerprint density at radius 3 is 2.79 bits per heavy atom. The van der Waals surface area contributed by atoms with Crippen LogP contribution in [0.2, 0.25) is 5.02 Å². The Bertz CT molecular complexity index is 912. The lowest BCUT2D eigenvalue weighted by Gasteiger charge is -2.31. The van der Waals surface area contributed by atoms with Crippen LogP contribution in [0.5, 0.6) is 0 Å². The Hall–Kier alpha value is -2.57. The number of ether oxygens (including phenoxy) is 1. The second kappa shape index (κ2) is 8.84. The third kappa shape index (κ3) is 4.54. The minimum Gasteiger partial charge on any atom is -0.378 e. The van der Waals surface area contributed by atoms with E-state index in [2.05, 4.69) is 15.5 Å². The average molecular weight is 414 g/mol. The average Bonchev–Trinajstić information content (AvgIpc) is 2.73. The molecular weight excluding hydrogens is 390 g/mol. The van der Waals surface area contributed by atoms with E-state index in [1.165, 1.54) is 0 Å². The smallest absolute Gasteiger partial charge is 0.227 e. The van der Waals surface area contributed by atoms with Gasteiger partial charge in [0.15, 0.2) is 0 Å². The predicted octanol–water partition coefficient (Wildman–Crippen LogP) is 3.71. The molecule has 2 aromatic carbocycles. The summed E-state index contributed by atoms with van der Waals surface area (Å²) < 4.78 is 5.41. The number of hydrogen-bond donors (Lipinski definition) is 2. The van der Waals surface area contributed by atoms with Crippen LogP contribution >= 0.6 is 11.6 Å². The molecule has 1 fully saturated rings. The van der Waals surface area contributed by atoms with Crippen molar-refractivity contribution in [2.45, 2.75) is 19.3 Å². The van der Waals surface area contributed by atoms with Gasteiger partial charge >= 0.3 is 0 Å². The van der Waals surface area contributed by atoms with E-state index >= 15 is 0 Å². The number of morpholine rings is 1. The summed E-state index contributed by atoms with van der Waals surface area (Å²) >= 11 is 6.43. The first-order valence-electron chi connectivity index (χ1n) is 9.91.